The number of ether oxygens (including phenoxy) is 1. The number of nitrogens with one attached hydrogen (secondary N) is 2. The Morgan fingerprint density at radius 3 is 2.69 bits per heavy atom. The van der Waals surface area contributed by atoms with Crippen molar-refractivity contribution < 1.29 is 9.53 Å². The van der Waals surface area contributed by atoms with Gasteiger partial charge in [-0.2, -0.15) is 19.9 Å². The summed E-state index contributed by atoms with van der Waals surface area (Å²) in [6.07, 6.45) is 1.44. The van der Waals surface area contributed by atoms with E-state index in [1.165, 1.54) is 15.6 Å². The van der Waals surface area contributed by atoms with Crippen LogP contribution >= 0.6 is 11.6 Å². The molecule has 0 saturated heterocycles. The summed E-state index contributed by atoms with van der Waals surface area (Å²) in [6.45, 7) is 3.52. The number of carbonyl (C=O) groups is 1. The third-order valence-corrected chi connectivity index (χ3v) is 5.41. The molecule has 0 fully saturated rings. The minimum absolute atomic E-state index is 0.126. The summed E-state index contributed by atoms with van der Waals surface area (Å²) in [5.41, 5.74) is 2.28. The molecule has 2 aromatic carbocycles. The lowest BCUT2D eigenvalue weighted by Gasteiger charge is -2.10. The van der Waals surface area contributed by atoms with Gasteiger partial charge >= 0.3 is 0 Å². The number of benzene rings is 2. The first-order valence-corrected chi connectivity index (χ1v) is 11.1. The van der Waals surface area contributed by atoms with Crippen LogP contribution in [0.1, 0.15) is 11.3 Å². The van der Waals surface area contributed by atoms with Gasteiger partial charge in [0.05, 0.1) is 17.6 Å². The second kappa shape index (κ2) is 9.07. The number of nitrogens with zero attached hydrogens (tertiary/aromatic N) is 5. The Balaban J connectivity index is 1.45. The molecular formula is C24H20ClN7O3. The lowest BCUT2D eigenvalue weighted by molar-refractivity contribution is -0.118. The fourth-order valence-corrected chi connectivity index (χ4v) is 3.69. The summed E-state index contributed by atoms with van der Waals surface area (Å²) >= 11 is 5.99. The first-order chi connectivity index (χ1) is 16.9. The standard InChI is InChI=1S/C24H20ClN7O3/c1-14-4-3-5-18(10-14)35-13-21(33)27-20-11-15(2)30-32(20)24-28-22-19(23(34)29-24)12-26-31(22)17-8-6-16(25)7-9-17/h3-12H,13H2,1-2H3,(H,27,33)(H,28,29,34). The van der Waals surface area contributed by atoms with E-state index in [9.17, 15) is 9.59 Å². The number of anilines is 1. The molecule has 5 aromatic rings. The first-order valence-electron chi connectivity index (χ1n) is 10.7. The van der Waals surface area contributed by atoms with Gasteiger partial charge in [-0.25, -0.2) is 4.68 Å². The van der Waals surface area contributed by atoms with E-state index in [1.54, 1.807) is 43.3 Å². The first kappa shape index (κ1) is 22.4. The van der Waals surface area contributed by atoms with Crippen molar-refractivity contribution in [1.82, 2.24) is 29.5 Å². The molecule has 3 heterocycles. The molecule has 0 aliphatic carbocycles. The van der Waals surface area contributed by atoms with Gasteiger partial charge < -0.3 is 10.1 Å². The third kappa shape index (κ3) is 4.64. The highest BCUT2D eigenvalue weighted by Crippen LogP contribution is 2.19. The third-order valence-electron chi connectivity index (χ3n) is 5.16. The number of H-pyrrole nitrogens is 1. The summed E-state index contributed by atoms with van der Waals surface area (Å²) in [4.78, 5) is 32.6. The van der Waals surface area contributed by atoms with Gasteiger partial charge in [0.15, 0.2) is 12.3 Å². The molecule has 2 N–H and O–H groups in total. The Morgan fingerprint density at radius 1 is 1.11 bits per heavy atom. The average Bonchev–Trinajstić information content (AvgIpc) is 3.42. The Hall–Kier alpha value is -4.44. The lowest BCUT2D eigenvalue weighted by atomic mass is 10.2. The molecule has 0 unspecified atom stereocenters. The molecule has 35 heavy (non-hydrogen) atoms. The number of hydrogen-bond acceptors (Lipinski definition) is 6. The number of carbonyl (C=O) groups excluding carboxylic acids is 1. The molecule has 176 valence electrons. The van der Waals surface area contributed by atoms with E-state index in [0.29, 0.717) is 39.0 Å². The van der Waals surface area contributed by atoms with E-state index in [0.717, 1.165) is 5.56 Å². The molecule has 0 aliphatic heterocycles. The maximum atomic E-state index is 12.8. The van der Waals surface area contributed by atoms with Crippen LogP contribution in [-0.2, 0) is 4.79 Å². The summed E-state index contributed by atoms with van der Waals surface area (Å²) in [5.74, 6) is 0.667. The summed E-state index contributed by atoms with van der Waals surface area (Å²) < 4.78 is 8.47. The van der Waals surface area contributed by atoms with Crippen LogP contribution < -0.4 is 15.6 Å². The Labute approximate surface area is 204 Å². The maximum Gasteiger partial charge on any atom is 0.263 e. The van der Waals surface area contributed by atoms with Gasteiger partial charge in [0, 0.05) is 11.1 Å². The molecule has 3 aromatic heterocycles. The molecule has 10 nitrogen and oxygen atoms in total. The van der Waals surface area contributed by atoms with Gasteiger partial charge in [-0.3, -0.25) is 14.6 Å². The average molecular weight is 490 g/mol. The number of hydrogen-bond donors (Lipinski definition) is 2. The Kier molecular flexibility index (Phi) is 5.79. The van der Waals surface area contributed by atoms with Crippen LogP contribution in [0.25, 0.3) is 22.7 Å². The van der Waals surface area contributed by atoms with Gasteiger partial charge in [-0.15, -0.1) is 0 Å². The summed E-state index contributed by atoms with van der Waals surface area (Å²) in [6, 6.07) is 16.1. The highest BCUT2D eigenvalue weighted by molar-refractivity contribution is 6.30. The van der Waals surface area contributed by atoms with Crippen LogP contribution in [0.15, 0.2) is 65.6 Å². The molecule has 0 bridgehead atoms. The Morgan fingerprint density at radius 2 is 1.91 bits per heavy atom. The highest BCUT2D eigenvalue weighted by atomic mass is 35.5. The number of aromatic amines is 1. The molecule has 5 rings (SSSR count). The predicted octanol–water partition coefficient (Wildman–Crippen LogP) is 3.58. The quantitative estimate of drug-likeness (QED) is 0.376. The molecule has 0 atom stereocenters. The van der Waals surface area contributed by atoms with Crippen molar-refractivity contribution >= 4 is 34.4 Å². The van der Waals surface area contributed by atoms with E-state index in [-0.39, 0.29) is 18.5 Å². The van der Waals surface area contributed by atoms with Gasteiger partial charge in [0.2, 0.25) is 5.95 Å². The van der Waals surface area contributed by atoms with Crippen LogP contribution in [0.4, 0.5) is 5.82 Å². The SMILES string of the molecule is Cc1cccc(OCC(=O)Nc2cc(C)nn2-c2nc3c(cnn3-c3ccc(Cl)cc3)c(=O)[nH]2)c1. The van der Waals surface area contributed by atoms with Crippen molar-refractivity contribution in [2.75, 3.05) is 11.9 Å². The fourth-order valence-electron chi connectivity index (χ4n) is 3.56. The van der Waals surface area contributed by atoms with Gasteiger partial charge in [-0.05, 0) is 55.8 Å². The topological polar surface area (TPSA) is 120 Å². The van der Waals surface area contributed by atoms with E-state index >= 15 is 0 Å². The second-order valence-electron chi connectivity index (χ2n) is 7.90. The molecule has 1 amide bonds. The number of aryl methyl sites for hydroxylation is 2. The smallest absolute Gasteiger partial charge is 0.263 e. The zero-order valence-electron chi connectivity index (χ0n) is 18.8. The van der Waals surface area contributed by atoms with E-state index in [2.05, 4.69) is 25.5 Å². The van der Waals surface area contributed by atoms with Gasteiger partial charge in [-0.1, -0.05) is 23.7 Å². The van der Waals surface area contributed by atoms with Gasteiger partial charge in [0.1, 0.15) is 17.0 Å². The van der Waals surface area contributed by atoms with Crippen LogP contribution in [0.3, 0.4) is 0 Å². The van der Waals surface area contributed by atoms with E-state index in [4.69, 9.17) is 16.3 Å². The molecule has 0 aliphatic rings. The normalized spacial score (nSPS) is 11.1. The van der Waals surface area contributed by atoms with Crippen molar-refractivity contribution in [3.63, 3.8) is 0 Å². The lowest BCUT2D eigenvalue weighted by Crippen LogP contribution is -2.23. The minimum atomic E-state index is -0.390. The van der Waals surface area contributed by atoms with Crippen molar-refractivity contribution in [3.05, 3.63) is 87.4 Å². The van der Waals surface area contributed by atoms with E-state index < -0.39 is 5.56 Å². The van der Waals surface area contributed by atoms with Crippen molar-refractivity contribution in [1.29, 1.82) is 0 Å². The van der Waals surface area contributed by atoms with Crippen molar-refractivity contribution in [2.45, 2.75) is 13.8 Å². The van der Waals surface area contributed by atoms with Crippen molar-refractivity contribution in [2.24, 2.45) is 0 Å². The Bertz CT molecular complexity index is 1600. The predicted molar refractivity (Wildman–Crippen MR) is 132 cm³/mol. The van der Waals surface area contributed by atoms with Crippen molar-refractivity contribution in [3.8, 4) is 17.4 Å². The molecule has 11 heteroatoms. The second-order valence-corrected chi connectivity index (χ2v) is 8.33. The van der Waals surface area contributed by atoms with Crippen LogP contribution in [0, 0.1) is 13.8 Å². The van der Waals surface area contributed by atoms with E-state index in [1.807, 2.05) is 25.1 Å². The van der Waals surface area contributed by atoms with Crippen LogP contribution in [-0.4, -0.2) is 42.0 Å². The van der Waals surface area contributed by atoms with Crippen LogP contribution in [0.2, 0.25) is 5.02 Å². The largest absolute Gasteiger partial charge is 0.484 e. The number of halogens is 1. The highest BCUT2D eigenvalue weighted by Gasteiger charge is 2.17. The molecule has 0 radical (unpaired) electrons. The summed E-state index contributed by atoms with van der Waals surface area (Å²) in [7, 11) is 0. The molecule has 0 saturated carbocycles. The monoisotopic (exact) mass is 489 g/mol. The zero-order chi connectivity index (χ0) is 24.5. The maximum absolute atomic E-state index is 12.8. The molecule has 0 spiro atoms. The zero-order valence-corrected chi connectivity index (χ0v) is 19.6. The fraction of sp³-hybridized carbons (Fsp3) is 0.125. The van der Waals surface area contributed by atoms with Crippen LogP contribution in [0.5, 0.6) is 5.75 Å². The van der Waals surface area contributed by atoms with Gasteiger partial charge in [0.25, 0.3) is 11.5 Å². The number of fused-ring (bicyclic) bond motifs is 1. The number of amides is 1. The minimum Gasteiger partial charge on any atom is -0.484 e. The number of rotatable bonds is 6. The summed E-state index contributed by atoms with van der Waals surface area (Å²) in [5, 5.41) is 12.3. The number of aromatic nitrogens is 6. The molecular weight excluding hydrogens is 470 g/mol.